The number of nitrogens with one attached hydrogen (secondary N) is 1. The summed E-state index contributed by atoms with van der Waals surface area (Å²) in [5, 5.41) is 23.2. The number of hydrogen-bond donors (Lipinski definition) is 2. The van der Waals surface area contributed by atoms with E-state index in [0.29, 0.717) is 5.71 Å². The maximum absolute atomic E-state index is 11.1. The third-order valence-electron chi connectivity index (χ3n) is 2.16. The summed E-state index contributed by atoms with van der Waals surface area (Å²) in [7, 11) is 0. The minimum absolute atomic E-state index is 0.247. The van der Waals surface area contributed by atoms with Crippen LogP contribution < -0.4 is 5.23 Å². The van der Waals surface area contributed by atoms with Crippen LogP contribution in [0.15, 0.2) is 5.16 Å². The van der Waals surface area contributed by atoms with Gasteiger partial charge < -0.3 is 15.2 Å². The molecule has 0 aromatic heterocycles. The average molecular weight is 174 g/mol. The monoisotopic (exact) mass is 174 g/mol. The molecule has 0 aliphatic carbocycles. The standard InChI is InChI=1S/C6H10N2O4/c1-3-6-5(8(10)12-3)4(2-9)7-11-6/h3,5-6,8-9H,2H2,1H3/t3-,5-,6-/m1/s1. The van der Waals surface area contributed by atoms with Crippen molar-refractivity contribution in [3.63, 3.8) is 0 Å². The smallest absolute Gasteiger partial charge is 0.219 e. The molecule has 0 amide bonds. The molecule has 0 aromatic rings. The molecule has 2 aliphatic rings. The molecule has 12 heavy (non-hydrogen) atoms. The van der Waals surface area contributed by atoms with Crippen molar-refractivity contribution >= 4 is 5.71 Å². The lowest BCUT2D eigenvalue weighted by Gasteiger charge is -2.17. The number of oxime groups is 1. The zero-order valence-corrected chi connectivity index (χ0v) is 6.56. The van der Waals surface area contributed by atoms with Gasteiger partial charge in [0.25, 0.3) is 0 Å². The number of quaternary nitrogens is 1. The Balaban J connectivity index is 2.18. The van der Waals surface area contributed by atoms with E-state index in [1.165, 1.54) is 0 Å². The highest BCUT2D eigenvalue weighted by atomic mass is 16.9. The minimum atomic E-state index is -0.481. The Bertz CT molecular complexity index is 220. The summed E-state index contributed by atoms with van der Waals surface area (Å²) in [5.74, 6) is 0. The van der Waals surface area contributed by atoms with Gasteiger partial charge in [-0.15, -0.1) is 0 Å². The van der Waals surface area contributed by atoms with E-state index < -0.39 is 6.04 Å². The van der Waals surface area contributed by atoms with Crippen molar-refractivity contribution in [1.29, 1.82) is 0 Å². The molecule has 1 unspecified atom stereocenters. The van der Waals surface area contributed by atoms with Gasteiger partial charge in [0.15, 0.2) is 6.10 Å². The van der Waals surface area contributed by atoms with Crippen LogP contribution in [0, 0.1) is 5.21 Å². The molecule has 2 N–H and O–H groups in total. The second-order valence-electron chi connectivity index (χ2n) is 2.93. The summed E-state index contributed by atoms with van der Waals surface area (Å²) in [6.45, 7) is 1.50. The summed E-state index contributed by atoms with van der Waals surface area (Å²) in [6.07, 6.45) is -0.602. The molecule has 0 bridgehead atoms. The second kappa shape index (κ2) is 2.67. The summed E-state index contributed by atoms with van der Waals surface area (Å²) in [6, 6.07) is -0.481. The van der Waals surface area contributed by atoms with Gasteiger partial charge in [0.1, 0.15) is 5.71 Å². The van der Waals surface area contributed by atoms with Crippen LogP contribution in [0.4, 0.5) is 0 Å². The second-order valence-corrected chi connectivity index (χ2v) is 2.93. The van der Waals surface area contributed by atoms with Crippen molar-refractivity contribution in [2.75, 3.05) is 6.61 Å². The highest BCUT2D eigenvalue weighted by Crippen LogP contribution is 2.18. The van der Waals surface area contributed by atoms with E-state index in [0.717, 1.165) is 0 Å². The quantitative estimate of drug-likeness (QED) is 0.443. The van der Waals surface area contributed by atoms with E-state index in [9.17, 15) is 5.21 Å². The predicted octanol–water partition coefficient (Wildman–Crippen LogP) is -2.18. The summed E-state index contributed by atoms with van der Waals surface area (Å²) in [4.78, 5) is 9.85. The molecule has 0 radical (unpaired) electrons. The normalized spacial score (nSPS) is 45.4. The first kappa shape index (κ1) is 7.93. The Labute approximate surface area is 68.9 Å². The van der Waals surface area contributed by atoms with Crippen LogP contribution >= 0.6 is 0 Å². The van der Waals surface area contributed by atoms with E-state index in [4.69, 9.17) is 14.8 Å². The van der Waals surface area contributed by atoms with Gasteiger partial charge in [0.05, 0.1) is 6.61 Å². The third kappa shape index (κ3) is 0.929. The van der Waals surface area contributed by atoms with Gasteiger partial charge in [-0.3, -0.25) is 0 Å². The molecule has 4 atom stereocenters. The zero-order chi connectivity index (χ0) is 8.72. The van der Waals surface area contributed by atoms with Crippen molar-refractivity contribution in [3.8, 4) is 0 Å². The molecule has 68 valence electrons. The SMILES string of the molecule is C[C@H]1O[NH+]([O-])[C@@H]2C(CO)=NO[C@@H]21. The fraction of sp³-hybridized carbons (Fsp3) is 0.833. The molecular formula is C6H10N2O4. The molecule has 0 spiro atoms. The van der Waals surface area contributed by atoms with E-state index in [1.54, 1.807) is 6.92 Å². The molecule has 0 saturated carbocycles. The van der Waals surface area contributed by atoms with Crippen LogP contribution in [0.5, 0.6) is 0 Å². The van der Waals surface area contributed by atoms with E-state index in [-0.39, 0.29) is 24.0 Å². The number of hydroxylamine groups is 2. The first-order valence-electron chi connectivity index (χ1n) is 3.78. The van der Waals surface area contributed by atoms with Crippen LogP contribution in [-0.2, 0) is 9.68 Å². The Hall–Kier alpha value is -0.690. The van der Waals surface area contributed by atoms with Crippen molar-refractivity contribution in [2.45, 2.75) is 25.2 Å². The van der Waals surface area contributed by atoms with Crippen molar-refractivity contribution in [1.82, 2.24) is 0 Å². The van der Waals surface area contributed by atoms with Crippen LogP contribution in [0.2, 0.25) is 0 Å². The van der Waals surface area contributed by atoms with E-state index in [2.05, 4.69) is 5.16 Å². The number of aliphatic hydroxyl groups excluding tert-OH is 1. The van der Waals surface area contributed by atoms with Crippen LogP contribution in [0.1, 0.15) is 6.92 Å². The Morgan fingerprint density at radius 1 is 1.75 bits per heavy atom. The predicted molar refractivity (Wildman–Crippen MR) is 38.1 cm³/mol. The lowest BCUT2D eigenvalue weighted by molar-refractivity contribution is -1.05. The Morgan fingerprint density at radius 3 is 3.17 bits per heavy atom. The van der Waals surface area contributed by atoms with Gasteiger partial charge in [0.2, 0.25) is 12.1 Å². The molecule has 6 heteroatoms. The van der Waals surface area contributed by atoms with E-state index >= 15 is 0 Å². The number of rotatable bonds is 1. The minimum Gasteiger partial charge on any atom is -0.599 e. The Kier molecular flexibility index (Phi) is 1.76. The lowest BCUT2D eigenvalue weighted by atomic mass is 10.1. The Morgan fingerprint density at radius 2 is 2.50 bits per heavy atom. The first-order chi connectivity index (χ1) is 5.74. The first-order valence-corrected chi connectivity index (χ1v) is 3.78. The molecule has 1 fully saturated rings. The number of nitrogens with zero attached hydrogens (tertiary/aromatic N) is 1. The largest absolute Gasteiger partial charge is 0.599 e. The van der Waals surface area contributed by atoms with Gasteiger partial charge in [-0.2, -0.15) is 4.84 Å². The molecule has 0 aromatic carbocycles. The molecular weight excluding hydrogens is 164 g/mol. The maximum Gasteiger partial charge on any atom is 0.219 e. The zero-order valence-electron chi connectivity index (χ0n) is 6.56. The number of aliphatic hydroxyl groups is 1. The van der Waals surface area contributed by atoms with E-state index in [1.807, 2.05) is 0 Å². The van der Waals surface area contributed by atoms with Crippen molar-refractivity contribution < 1.29 is 20.0 Å². The number of hydrogen-bond acceptors (Lipinski definition) is 5. The lowest BCUT2D eigenvalue weighted by Crippen LogP contribution is -3.09. The molecule has 2 heterocycles. The van der Waals surface area contributed by atoms with Crippen molar-refractivity contribution in [2.24, 2.45) is 5.16 Å². The molecule has 1 saturated heterocycles. The fourth-order valence-electron chi connectivity index (χ4n) is 1.51. The fourth-order valence-corrected chi connectivity index (χ4v) is 1.51. The topological polar surface area (TPSA) is 78.6 Å². The average Bonchev–Trinajstić information content (AvgIpc) is 2.55. The highest BCUT2D eigenvalue weighted by Gasteiger charge is 2.51. The molecule has 2 aliphatic heterocycles. The molecule has 2 rings (SSSR count). The molecule has 6 nitrogen and oxygen atoms in total. The van der Waals surface area contributed by atoms with Gasteiger partial charge >= 0.3 is 0 Å². The summed E-state index contributed by atoms with van der Waals surface area (Å²) < 4.78 is 0. The third-order valence-corrected chi connectivity index (χ3v) is 2.16. The van der Waals surface area contributed by atoms with Gasteiger partial charge in [-0.05, 0) is 6.92 Å². The highest BCUT2D eigenvalue weighted by molar-refractivity contribution is 5.90. The maximum atomic E-state index is 11.1. The van der Waals surface area contributed by atoms with Crippen LogP contribution in [-0.4, -0.2) is 35.7 Å². The van der Waals surface area contributed by atoms with Crippen LogP contribution in [0.25, 0.3) is 0 Å². The van der Waals surface area contributed by atoms with Gasteiger partial charge in [0, 0.05) is 0 Å². The summed E-state index contributed by atoms with van der Waals surface area (Å²) in [5.41, 5.74) is 0.370. The summed E-state index contributed by atoms with van der Waals surface area (Å²) >= 11 is 0. The van der Waals surface area contributed by atoms with Gasteiger partial charge in [-0.1, -0.05) is 5.16 Å². The van der Waals surface area contributed by atoms with Crippen molar-refractivity contribution in [3.05, 3.63) is 5.21 Å². The van der Waals surface area contributed by atoms with Gasteiger partial charge in [-0.25, -0.2) is 5.23 Å². The van der Waals surface area contributed by atoms with Crippen LogP contribution in [0.3, 0.4) is 0 Å². The number of fused-ring (bicyclic) bond motifs is 1.